The van der Waals surface area contributed by atoms with E-state index in [2.05, 4.69) is 29.6 Å². The van der Waals surface area contributed by atoms with Crippen molar-refractivity contribution in [2.75, 3.05) is 17.2 Å². The Hall–Kier alpha value is -1.19. The molecule has 2 N–H and O–H groups in total. The van der Waals surface area contributed by atoms with Crippen LogP contribution < -0.4 is 10.6 Å². The molecule has 0 radical (unpaired) electrons. The molecular weight excluding hydrogens is 164 g/mol. The van der Waals surface area contributed by atoms with E-state index in [1.807, 2.05) is 11.6 Å². The van der Waals surface area contributed by atoms with E-state index >= 15 is 0 Å². The first kappa shape index (κ1) is 8.41. The van der Waals surface area contributed by atoms with E-state index in [4.69, 9.17) is 0 Å². The van der Waals surface area contributed by atoms with Crippen molar-refractivity contribution in [2.45, 2.75) is 33.4 Å². The Kier molecular flexibility index (Phi) is 1.90. The first-order valence-electron chi connectivity index (χ1n) is 4.80. The Morgan fingerprint density at radius 3 is 3.08 bits per heavy atom. The van der Waals surface area contributed by atoms with Crippen LogP contribution in [0.2, 0.25) is 0 Å². The van der Waals surface area contributed by atoms with Crippen molar-refractivity contribution >= 4 is 11.5 Å². The highest BCUT2D eigenvalue weighted by Crippen LogP contribution is 2.29. The number of rotatable bonds is 1. The Morgan fingerprint density at radius 1 is 1.62 bits per heavy atom. The summed E-state index contributed by atoms with van der Waals surface area (Å²) in [6, 6.07) is 0.480. The monoisotopic (exact) mass is 180 g/mol. The smallest absolute Gasteiger partial charge is 0.148 e. The number of hydrogen-bond donors (Lipinski definition) is 2. The van der Waals surface area contributed by atoms with Gasteiger partial charge in [-0.05, 0) is 20.8 Å². The minimum atomic E-state index is 0.480. The van der Waals surface area contributed by atoms with Gasteiger partial charge in [0.15, 0.2) is 0 Å². The molecule has 72 valence electrons. The molecule has 13 heavy (non-hydrogen) atoms. The highest BCUT2D eigenvalue weighted by molar-refractivity contribution is 5.70. The first-order valence-corrected chi connectivity index (χ1v) is 4.80. The maximum atomic E-state index is 4.44. The van der Waals surface area contributed by atoms with Crippen LogP contribution in [-0.4, -0.2) is 22.4 Å². The lowest BCUT2D eigenvalue weighted by atomic mass is 10.2. The molecule has 1 aliphatic rings. The molecule has 2 rings (SSSR count). The van der Waals surface area contributed by atoms with Crippen molar-refractivity contribution in [2.24, 2.45) is 0 Å². The van der Waals surface area contributed by atoms with Crippen molar-refractivity contribution in [3.63, 3.8) is 0 Å². The van der Waals surface area contributed by atoms with Crippen LogP contribution in [0.4, 0.5) is 11.5 Å². The van der Waals surface area contributed by atoms with Gasteiger partial charge in [-0.3, -0.25) is 0 Å². The maximum Gasteiger partial charge on any atom is 0.148 e. The van der Waals surface area contributed by atoms with Gasteiger partial charge in [0.1, 0.15) is 11.5 Å². The molecule has 0 fully saturated rings. The van der Waals surface area contributed by atoms with Gasteiger partial charge < -0.3 is 10.6 Å². The van der Waals surface area contributed by atoms with Gasteiger partial charge in [0.25, 0.3) is 0 Å². The van der Waals surface area contributed by atoms with E-state index < -0.39 is 0 Å². The summed E-state index contributed by atoms with van der Waals surface area (Å²) in [6.45, 7) is 8.20. The minimum absolute atomic E-state index is 0.480. The van der Waals surface area contributed by atoms with Crippen molar-refractivity contribution in [3.05, 3.63) is 5.69 Å². The Morgan fingerprint density at radius 2 is 2.38 bits per heavy atom. The molecule has 1 atom stereocenters. The van der Waals surface area contributed by atoms with E-state index in [1.54, 1.807) is 0 Å². The highest BCUT2D eigenvalue weighted by atomic mass is 15.4. The summed E-state index contributed by atoms with van der Waals surface area (Å²) in [6.07, 6.45) is 0. The van der Waals surface area contributed by atoms with Crippen LogP contribution in [0.1, 0.15) is 19.5 Å². The number of nitrogens with zero attached hydrogens (tertiary/aromatic N) is 2. The average molecular weight is 180 g/mol. The summed E-state index contributed by atoms with van der Waals surface area (Å²) in [5, 5.41) is 11.3. The molecule has 1 aromatic heterocycles. The van der Waals surface area contributed by atoms with Crippen LogP contribution >= 0.6 is 0 Å². The quantitative estimate of drug-likeness (QED) is 0.687. The van der Waals surface area contributed by atoms with Gasteiger partial charge >= 0.3 is 0 Å². The van der Waals surface area contributed by atoms with E-state index in [0.29, 0.717) is 6.04 Å². The third kappa shape index (κ3) is 1.26. The zero-order valence-corrected chi connectivity index (χ0v) is 8.39. The Bertz CT molecular complexity index is 316. The molecule has 0 amide bonds. The molecule has 1 aliphatic heterocycles. The molecule has 0 bridgehead atoms. The van der Waals surface area contributed by atoms with Crippen LogP contribution in [0, 0.1) is 6.92 Å². The van der Waals surface area contributed by atoms with E-state index in [9.17, 15) is 0 Å². The zero-order valence-electron chi connectivity index (χ0n) is 8.39. The molecule has 4 heteroatoms. The summed E-state index contributed by atoms with van der Waals surface area (Å²) in [7, 11) is 0. The molecule has 2 heterocycles. The number of nitrogens with one attached hydrogen (secondary N) is 2. The second kappa shape index (κ2) is 2.94. The molecule has 4 nitrogen and oxygen atoms in total. The second-order valence-corrected chi connectivity index (χ2v) is 3.55. The summed E-state index contributed by atoms with van der Waals surface area (Å²) in [5.41, 5.74) is 2.25. The number of hydrogen-bond acceptors (Lipinski definition) is 3. The van der Waals surface area contributed by atoms with Gasteiger partial charge in [0, 0.05) is 19.1 Å². The van der Waals surface area contributed by atoms with E-state index in [1.165, 1.54) is 5.69 Å². The van der Waals surface area contributed by atoms with Crippen molar-refractivity contribution in [1.29, 1.82) is 0 Å². The normalized spacial score (nSPS) is 20.4. The predicted molar refractivity (Wildman–Crippen MR) is 54.2 cm³/mol. The SMILES string of the molecule is CCn1nc(C)c2c1NC(C)CN2. The minimum Gasteiger partial charge on any atom is -0.378 e. The molecule has 0 saturated heterocycles. The van der Waals surface area contributed by atoms with Crippen molar-refractivity contribution in [1.82, 2.24) is 9.78 Å². The third-order valence-corrected chi connectivity index (χ3v) is 2.40. The van der Waals surface area contributed by atoms with Gasteiger partial charge in [-0.15, -0.1) is 0 Å². The van der Waals surface area contributed by atoms with Gasteiger partial charge in [-0.25, -0.2) is 4.68 Å². The van der Waals surface area contributed by atoms with Crippen molar-refractivity contribution in [3.8, 4) is 0 Å². The molecular formula is C9H16N4. The number of fused-ring (bicyclic) bond motifs is 1. The number of aryl methyl sites for hydroxylation is 2. The summed E-state index contributed by atoms with van der Waals surface area (Å²) < 4.78 is 2.01. The lowest BCUT2D eigenvalue weighted by molar-refractivity contribution is 0.648. The largest absolute Gasteiger partial charge is 0.378 e. The maximum absolute atomic E-state index is 4.44. The van der Waals surface area contributed by atoms with Gasteiger partial charge in [0.2, 0.25) is 0 Å². The number of anilines is 2. The average Bonchev–Trinajstić information content (AvgIpc) is 2.42. The van der Waals surface area contributed by atoms with Crippen LogP contribution in [0.5, 0.6) is 0 Å². The second-order valence-electron chi connectivity index (χ2n) is 3.55. The summed E-state index contributed by atoms with van der Waals surface area (Å²) in [5.74, 6) is 1.14. The van der Waals surface area contributed by atoms with Crippen LogP contribution in [0.25, 0.3) is 0 Å². The fourth-order valence-electron chi connectivity index (χ4n) is 1.71. The third-order valence-electron chi connectivity index (χ3n) is 2.40. The molecule has 0 aliphatic carbocycles. The van der Waals surface area contributed by atoms with E-state index in [0.717, 1.165) is 24.6 Å². The highest BCUT2D eigenvalue weighted by Gasteiger charge is 2.20. The fraction of sp³-hybridized carbons (Fsp3) is 0.667. The lowest BCUT2D eigenvalue weighted by Crippen LogP contribution is -2.31. The van der Waals surface area contributed by atoms with Gasteiger partial charge in [-0.2, -0.15) is 5.10 Å². The molecule has 0 spiro atoms. The first-order chi connectivity index (χ1) is 6.22. The Labute approximate surface area is 78.3 Å². The van der Waals surface area contributed by atoms with Crippen LogP contribution in [0.3, 0.4) is 0 Å². The number of aromatic nitrogens is 2. The molecule has 0 aromatic carbocycles. The zero-order chi connectivity index (χ0) is 9.42. The summed E-state index contributed by atoms with van der Waals surface area (Å²) >= 11 is 0. The topological polar surface area (TPSA) is 41.9 Å². The standard InChI is InChI=1S/C9H16N4/c1-4-13-9-8(7(3)12-13)10-5-6(2)11-9/h6,10-11H,4-5H2,1-3H3. The van der Waals surface area contributed by atoms with Crippen molar-refractivity contribution < 1.29 is 0 Å². The fourth-order valence-corrected chi connectivity index (χ4v) is 1.71. The summed E-state index contributed by atoms with van der Waals surface area (Å²) in [4.78, 5) is 0. The van der Waals surface area contributed by atoms with E-state index in [-0.39, 0.29) is 0 Å². The van der Waals surface area contributed by atoms with Gasteiger partial charge in [0.05, 0.1) is 5.69 Å². The van der Waals surface area contributed by atoms with Crippen LogP contribution in [-0.2, 0) is 6.54 Å². The van der Waals surface area contributed by atoms with Gasteiger partial charge in [-0.1, -0.05) is 0 Å². The lowest BCUT2D eigenvalue weighted by Gasteiger charge is -2.23. The van der Waals surface area contributed by atoms with Crippen LogP contribution in [0.15, 0.2) is 0 Å². The molecule has 1 aromatic rings. The molecule has 0 saturated carbocycles. The predicted octanol–water partition coefficient (Wildman–Crippen LogP) is 1.44. The Balaban J connectivity index is 2.43. The molecule has 1 unspecified atom stereocenters.